The number of hydrogen-bond acceptors (Lipinski definition) is 1. The molecular weight excluding hydrogens is 182 g/mol. The van der Waals surface area contributed by atoms with E-state index in [1.54, 1.807) is 5.57 Å². The van der Waals surface area contributed by atoms with Gasteiger partial charge in [0.15, 0.2) is 0 Å². The fourth-order valence-corrected chi connectivity index (χ4v) is 2.35. The molecule has 2 atom stereocenters. The number of allylic oxidation sites excluding steroid dienone is 4. The highest BCUT2D eigenvalue weighted by Gasteiger charge is 2.23. The molecule has 0 radical (unpaired) electrons. The van der Waals surface area contributed by atoms with Crippen LogP contribution in [-0.4, -0.2) is 12.6 Å². The molecule has 0 bridgehead atoms. The number of piperidine rings is 1. The van der Waals surface area contributed by atoms with E-state index in [1.807, 2.05) is 6.08 Å². The summed E-state index contributed by atoms with van der Waals surface area (Å²) in [4.78, 5) is 0. The van der Waals surface area contributed by atoms with Crippen molar-refractivity contribution in [1.29, 1.82) is 0 Å². The number of rotatable bonds is 4. The smallest absolute Gasteiger partial charge is 0.0285 e. The molecule has 1 nitrogen and oxygen atoms in total. The van der Waals surface area contributed by atoms with Crippen molar-refractivity contribution >= 4 is 0 Å². The molecular formula is C14H23N. The maximum atomic E-state index is 3.73. The van der Waals surface area contributed by atoms with Gasteiger partial charge in [0.25, 0.3) is 0 Å². The van der Waals surface area contributed by atoms with Crippen LogP contribution in [0.1, 0.15) is 33.1 Å². The van der Waals surface area contributed by atoms with E-state index in [2.05, 4.69) is 44.0 Å². The van der Waals surface area contributed by atoms with E-state index in [4.69, 9.17) is 0 Å². The van der Waals surface area contributed by atoms with E-state index >= 15 is 0 Å². The van der Waals surface area contributed by atoms with Crippen molar-refractivity contribution in [3.05, 3.63) is 36.5 Å². The molecule has 1 heterocycles. The molecule has 1 rings (SSSR count). The van der Waals surface area contributed by atoms with E-state index in [0.717, 1.165) is 6.54 Å². The van der Waals surface area contributed by atoms with Gasteiger partial charge in [-0.25, -0.2) is 0 Å². The van der Waals surface area contributed by atoms with Crippen LogP contribution in [-0.2, 0) is 0 Å². The minimum absolute atomic E-state index is 0.591. The first-order chi connectivity index (χ1) is 7.33. The summed E-state index contributed by atoms with van der Waals surface area (Å²) in [7, 11) is 0. The van der Waals surface area contributed by atoms with Gasteiger partial charge in [-0.15, -0.1) is 0 Å². The van der Waals surface area contributed by atoms with Crippen LogP contribution in [0.3, 0.4) is 0 Å². The monoisotopic (exact) mass is 205 g/mol. The molecule has 0 saturated carbocycles. The zero-order chi connectivity index (χ0) is 11.1. The molecule has 1 heteroatoms. The first kappa shape index (κ1) is 12.3. The van der Waals surface area contributed by atoms with Crippen LogP contribution in [0.2, 0.25) is 0 Å². The first-order valence-electron chi connectivity index (χ1n) is 6.02. The molecule has 0 aromatic heterocycles. The van der Waals surface area contributed by atoms with E-state index in [0.29, 0.717) is 12.0 Å². The Labute approximate surface area is 94.0 Å². The number of hydrogen-bond donors (Lipinski definition) is 1. The van der Waals surface area contributed by atoms with Crippen LogP contribution in [0.5, 0.6) is 0 Å². The summed E-state index contributed by atoms with van der Waals surface area (Å²) in [5, 5.41) is 3.60. The van der Waals surface area contributed by atoms with Crippen molar-refractivity contribution in [2.24, 2.45) is 5.92 Å². The highest BCUT2D eigenvalue weighted by Crippen LogP contribution is 2.26. The van der Waals surface area contributed by atoms with Gasteiger partial charge in [-0.1, -0.05) is 49.8 Å². The lowest BCUT2D eigenvalue weighted by atomic mass is 9.84. The Kier molecular flexibility index (Phi) is 5.41. The molecule has 1 aliphatic heterocycles. The van der Waals surface area contributed by atoms with Crippen LogP contribution < -0.4 is 5.32 Å². The lowest BCUT2D eigenvalue weighted by Crippen LogP contribution is -2.39. The normalized spacial score (nSPS) is 29.9. The Morgan fingerprint density at radius 1 is 1.53 bits per heavy atom. The Hall–Kier alpha value is -0.820. The lowest BCUT2D eigenvalue weighted by molar-refractivity contribution is 0.419. The predicted molar refractivity (Wildman–Crippen MR) is 67.9 cm³/mol. The Morgan fingerprint density at radius 2 is 2.33 bits per heavy atom. The summed E-state index contributed by atoms with van der Waals surface area (Å²) in [5.41, 5.74) is 1.56. The van der Waals surface area contributed by atoms with Gasteiger partial charge in [0.05, 0.1) is 0 Å². The van der Waals surface area contributed by atoms with Crippen molar-refractivity contribution in [3.63, 3.8) is 0 Å². The van der Waals surface area contributed by atoms with E-state index in [-0.39, 0.29) is 0 Å². The third-order valence-corrected chi connectivity index (χ3v) is 3.07. The van der Waals surface area contributed by atoms with Gasteiger partial charge in [0.2, 0.25) is 0 Å². The molecule has 15 heavy (non-hydrogen) atoms. The average molecular weight is 205 g/mol. The topological polar surface area (TPSA) is 12.0 Å². The minimum atomic E-state index is 0.591. The van der Waals surface area contributed by atoms with Gasteiger partial charge in [-0.05, 0) is 26.3 Å². The van der Waals surface area contributed by atoms with Gasteiger partial charge in [0, 0.05) is 12.0 Å². The van der Waals surface area contributed by atoms with Gasteiger partial charge < -0.3 is 5.32 Å². The maximum absolute atomic E-state index is 3.73. The summed E-state index contributed by atoms with van der Waals surface area (Å²) >= 11 is 0. The Bertz CT molecular complexity index is 248. The summed E-state index contributed by atoms with van der Waals surface area (Å²) in [6.45, 7) is 9.26. The largest absolute Gasteiger partial charge is 0.310 e. The fraction of sp³-hybridized carbons (Fsp3) is 0.571. The highest BCUT2D eigenvalue weighted by molar-refractivity contribution is 5.22. The molecule has 0 spiro atoms. The molecule has 0 aliphatic carbocycles. The van der Waals surface area contributed by atoms with Gasteiger partial charge in [-0.2, -0.15) is 0 Å². The third kappa shape index (κ3) is 3.35. The Balaban J connectivity index is 2.71. The molecule has 84 valence electrons. The van der Waals surface area contributed by atoms with Crippen molar-refractivity contribution in [3.8, 4) is 0 Å². The molecule has 0 amide bonds. The molecule has 1 aliphatic rings. The molecule has 0 aromatic carbocycles. The molecule has 2 unspecified atom stereocenters. The van der Waals surface area contributed by atoms with Gasteiger partial charge >= 0.3 is 0 Å². The van der Waals surface area contributed by atoms with E-state index in [1.165, 1.54) is 19.3 Å². The summed E-state index contributed by atoms with van der Waals surface area (Å²) in [6, 6.07) is 0.591. The summed E-state index contributed by atoms with van der Waals surface area (Å²) < 4.78 is 0. The van der Waals surface area contributed by atoms with Crippen LogP contribution in [0, 0.1) is 5.92 Å². The number of nitrogens with one attached hydrogen (secondary N) is 1. The van der Waals surface area contributed by atoms with E-state index in [9.17, 15) is 0 Å². The van der Waals surface area contributed by atoms with Crippen LogP contribution >= 0.6 is 0 Å². The van der Waals surface area contributed by atoms with Crippen molar-refractivity contribution in [2.75, 3.05) is 6.54 Å². The zero-order valence-electron chi connectivity index (χ0n) is 10.00. The molecule has 0 aromatic rings. The molecule has 1 N–H and O–H groups in total. The highest BCUT2D eigenvalue weighted by atomic mass is 14.9. The van der Waals surface area contributed by atoms with Crippen LogP contribution in [0.15, 0.2) is 36.5 Å². The third-order valence-electron chi connectivity index (χ3n) is 3.07. The van der Waals surface area contributed by atoms with Crippen LogP contribution in [0.25, 0.3) is 0 Å². The van der Waals surface area contributed by atoms with Gasteiger partial charge in [0.1, 0.15) is 0 Å². The van der Waals surface area contributed by atoms with Crippen molar-refractivity contribution < 1.29 is 0 Å². The van der Waals surface area contributed by atoms with Crippen LogP contribution in [0.4, 0.5) is 0 Å². The maximum Gasteiger partial charge on any atom is 0.0285 e. The Morgan fingerprint density at radius 3 is 2.93 bits per heavy atom. The second kappa shape index (κ2) is 6.62. The quantitative estimate of drug-likeness (QED) is 0.547. The van der Waals surface area contributed by atoms with Crippen molar-refractivity contribution in [1.82, 2.24) is 5.32 Å². The lowest BCUT2D eigenvalue weighted by Gasteiger charge is -2.32. The molecule has 1 fully saturated rings. The summed E-state index contributed by atoms with van der Waals surface area (Å²) in [6.07, 6.45) is 12.2. The first-order valence-corrected chi connectivity index (χ1v) is 6.02. The molecule has 1 saturated heterocycles. The zero-order valence-corrected chi connectivity index (χ0v) is 10.00. The minimum Gasteiger partial charge on any atom is -0.310 e. The van der Waals surface area contributed by atoms with Gasteiger partial charge in [-0.3, -0.25) is 0 Å². The second-order valence-electron chi connectivity index (χ2n) is 4.10. The standard InChI is InChI=1S/C14H23N/c1-4-7-9-12-10-11-15-14(8-5-2)13(12)6-3/h4,6-7,9,12,14-15H,1,5,8,10-11H2,2-3H3/b9-7?,13-6+. The summed E-state index contributed by atoms with van der Waals surface area (Å²) in [5.74, 6) is 0.616. The van der Waals surface area contributed by atoms with Crippen molar-refractivity contribution in [2.45, 2.75) is 39.2 Å². The fourth-order valence-electron chi connectivity index (χ4n) is 2.35. The second-order valence-corrected chi connectivity index (χ2v) is 4.10. The SMILES string of the molecule is C=CC=CC1CCNC(CCC)/C1=C/C. The average Bonchev–Trinajstić information content (AvgIpc) is 2.27. The van der Waals surface area contributed by atoms with E-state index < -0.39 is 0 Å². The predicted octanol–water partition coefficient (Wildman–Crippen LogP) is 3.45.